The molecule has 0 atom stereocenters. The van der Waals surface area contributed by atoms with E-state index in [0.29, 0.717) is 22.9 Å². The molecule has 1 saturated carbocycles. The molecule has 20 heavy (non-hydrogen) atoms. The molecule has 0 aromatic heterocycles. The molecule has 104 valence electrons. The summed E-state index contributed by atoms with van der Waals surface area (Å²) in [5, 5.41) is 4.16. The smallest absolute Gasteiger partial charge is 0.251 e. The molecule has 0 heterocycles. The second-order valence-corrected chi connectivity index (χ2v) is 5.99. The number of carbonyl (C=O) groups is 1. The van der Waals surface area contributed by atoms with E-state index in [0.717, 1.165) is 12.8 Å². The van der Waals surface area contributed by atoms with Crippen LogP contribution in [0.3, 0.4) is 0 Å². The van der Waals surface area contributed by atoms with Crippen LogP contribution in [0.15, 0.2) is 36.4 Å². The molecule has 0 unspecified atom stereocenters. The van der Waals surface area contributed by atoms with Crippen LogP contribution in [0.5, 0.6) is 0 Å². The number of hydrogen-bond acceptors (Lipinski definition) is 1. The summed E-state index contributed by atoms with van der Waals surface area (Å²) in [5.74, 6) is -0.405. The van der Waals surface area contributed by atoms with Crippen LogP contribution in [-0.2, 0) is 0 Å². The molecule has 3 heteroatoms. The predicted molar refractivity (Wildman–Crippen MR) is 78.2 cm³/mol. The summed E-state index contributed by atoms with van der Waals surface area (Å²) in [6, 6.07) is 10.0. The first-order valence-corrected chi connectivity index (χ1v) is 7.05. The first kappa shape index (κ1) is 13.1. The monoisotopic (exact) mass is 271 g/mol. The third-order valence-electron chi connectivity index (χ3n) is 4.35. The van der Waals surface area contributed by atoms with Gasteiger partial charge < -0.3 is 5.32 Å². The van der Waals surface area contributed by atoms with E-state index in [2.05, 4.69) is 12.2 Å². The summed E-state index contributed by atoms with van der Waals surface area (Å²) >= 11 is 0. The van der Waals surface area contributed by atoms with Gasteiger partial charge in [0, 0.05) is 17.5 Å². The molecule has 1 aliphatic rings. The molecule has 2 aromatic rings. The van der Waals surface area contributed by atoms with Gasteiger partial charge in [0.25, 0.3) is 5.91 Å². The Balaban J connectivity index is 1.86. The Hall–Kier alpha value is -1.90. The van der Waals surface area contributed by atoms with Crippen molar-refractivity contribution in [2.24, 2.45) is 5.41 Å². The SMILES string of the molecule is CC1(CNC(=O)c2ccc(F)c3ccccc23)CCC1. The summed E-state index contributed by atoms with van der Waals surface area (Å²) in [4.78, 5) is 12.3. The maximum Gasteiger partial charge on any atom is 0.251 e. The lowest BCUT2D eigenvalue weighted by Gasteiger charge is -2.38. The fourth-order valence-corrected chi connectivity index (χ4v) is 2.81. The Morgan fingerprint density at radius 2 is 1.90 bits per heavy atom. The summed E-state index contributed by atoms with van der Waals surface area (Å²) in [7, 11) is 0. The highest BCUT2D eigenvalue weighted by molar-refractivity contribution is 6.07. The Labute approximate surface area is 118 Å². The molecule has 2 aromatic carbocycles. The molecule has 0 saturated heterocycles. The number of carbonyl (C=O) groups excluding carboxylic acids is 1. The van der Waals surface area contributed by atoms with Gasteiger partial charge in [-0.1, -0.05) is 37.6 Å². The van der Waals surface area contributed by atoms with Gasteiger partial charge >= 0.3 is 0 Å². The largest absolute Gasteiger partial charge is 0.351 e. The molecule has 1 N–H and O–H groups in total. The predicted octanol–water partition coefficient (Wildman–Crippen LogP) is 3.90. The highest BCUT2D eigenvalue weighted by Crippen LogP contribution is 2.39. The van der Waals surface area contributed by atoms with E-state index in [1.807, 2.05) is 6.07 Å². The van der Waals surface area contributed by atoms with E-state index in [1.54, 1.807) is 24.3 Å². The van der Waals surface area contributed by atoms with Gasteiger partial charge in [-0.2, -0.15) is 0 Å². The lowest BCUT2D eigenvalue weighted by molar-refractivity contribution is 0.0892. The number of rotatable bonds is 3. The van der Waals surface area contributed by atoms with Crippen LogP contribution in [0.4, 0.5) is 4.39 Å². The van der Waals surface area contributed by atoms with Gasteiger partial charge in [0.15, 0.2) is 0 Å². The van der Waals surface area contributed by atoms with Crippen molar-refractivity contribution in [1.82, 2.24) is 5.32 Å². The molecule has 0 radical (unpaired) electrons. The van der Waals surface area contributed by atoms with Crippen LogP contribution < -0.4 is 5.32 Å². The van der Waals surface area contributed by atoms with Crippen LogP contribution in [0.1, 0.15) is 36.5 Å². The lowest BCUT2D eigenvalue weighted by atomic mass is 9.70. The average molecular weight is 271 g/mol. The fraction of sp³-hybridized carbons (Fsp3) is 0.353. The van der Waals surface area contributed by atoms with Crippen molar-refractivity contribution in [3.8, 4) is 0 Å². The molecule has 1 amide bonds. The van der Waals surface area contributed by atoms with Crippen LogP contribution >= 0.6 is 0 Å². The first-order valence-electron chi connectivity index (χ1n) is 7.05. The zero-order valence-electron chi connectivity index (χ0n) is 11.6. The molecule has 0 bridgehead atoms. The minimum Gasteiger partial charge on any atom is -0.351 e. The van der Waals surface area contributed by atoms with Crippen LogP contribution in [-0.4, -0.2) is 12.5 Å². The molecule has 3 rings (SSSR count). The Morgan fingerprint density at radius 1 is 1.20 bits per heavy atom. The van der Waals surface area contributed by atoms with Gasteiger partial charge in [0.2, 0.25) is 0 Å². The highest BCUT2D eigenvalue weighted by atomic mass is 19.1. The molecule has 1 fully saturated rings. The zero-order chi connectivity index (χ0) is 14.2. The van der Waals surface area contributed by atoms with E-state index in [-0.39, 0.29) is 17.1 Å². The molecular formula is C17H18FNO. The van der Waals surface area contributed by atoms with E-state index >= 15 is 0 Å². The lowest BCUT2D eigenvalue weighted by Crippen LogP contribution is -2.40. The molecule has 0 spiro atoms. The number of benzene rings is 2. The molecule has 2 nitrogen and oxygen atoms in total. The van der Waals surface area contributed by atoms with Gasteiger partial charge in [0.05, 0.1) is 0 Å². The number of nitrogens with one attached hydrogen (secondary N) is 1. The summed E-state index contributed by atoms with van der Waals surface area (Å²) in [5.41, 5.74) is 0.788. The second kappa shape index (κ2) is 4.89. The van der Waals surface area contributed by atoms with E-state index in [1.165, 1.54) is 12.5 Å². The number of halogens is 1. The van der Waals surface area contributed by atoms with Crippen molar-refractivity contribution in [2.75, 3.05) is 6.54 Å². The van der Waals surface area contributed by atoms with Gasteiger partial charge in [0.1, 0.15) is 5.82 Å². The van der Waals surface area contributed by atoms with Crippen molar-refractivity contribution in [3.63, 3.8) is 0 Å². The maximum atomic E-state index is 13.7. The minimum atomic E-state index is -0.289. The minimum absolute atomic E-state index is 0.116. The van der Waals surface area contributed by atoms with Crippen LogP contribution in [0, 0.1) is 11.2 Å². The average Bonchev–Trinajstić information content (AvgIpc) is 2.43. The Bertz CT molecular complexity index is 661. The van der Waals surface area contributed by atoms with E-state index < -0.39 is 0 Å². The third-order valence-corrected chi connectivity index (χ3v) is 4.35. The normalized spacial score (nSPS) is 16.7. The van der Waals surface area contributed by atoms with Crippen molar-refractivity contribution in [1.29, 1.82) is 0 Å². The molecule has 0 aliphatic heterocycles. The number of amides is 1. The van der Waals surface area contributed by atoms with Crippen LogP contribution in [0.25, 0.3) is 10.8 Å². The van der Waals surface area contributed by atoms with Gasteiger partial charge in [-0.05, 0) is 35.8 Å². The highest BCUT2D eigenvalue weighted by Gasteiger charge is 2.32. The third kappa shape index (κ3) is 2.28. The van der Waals surface area contributed by atoms with Crippen LogP contribution in [0.2, 0.25) is 0 Å². The quantitative estimate of drug-likeness (QED) is 0.901. The maximum absolute atomic E-state index is 13.7. The van der Waals surface area contributed by atoms with Gasteiger partial charge in [-0.3, -0.25) is 4.79 Å². The summed E-state index contributed by atoms with van der Waals surface area (Å²) < 4.78 is 13.7. The Kier molecular flexibility index (Phi) is 3.20. The Morgan fingerprint density at radius 3 is 2.55 bits per heavy atom. The zero-order valence-corrected chi connectivity index (χ0v) is 11.6. The van der Waals surface area contributed by atoms with Crippen molar-refractivity contribution in [2.45, 2.75) is 26.2 Å². The van der Waals surface area contributed by atoms with E-state index in [9.17, 15) is 9.18 Å². The summed E-state index contributed by atoms with van der Waals surface area (Å²) in [6.07, 6.45) is 3.57. The van der Waals surface area contributed by atoms with Gasteiger partial charge in [-0.25, -0.2) is 4.39 Å². The standard InChI is InChI=1S/C17H18FNO/c1-17(9-4-10-17)11-19-16(20)14-7-8-15(18)13-6-3-2-5-12(13)14/h2-3,5-8H,4,9-11H2,1H3,(H,19,20). The summed E-state index contributed by atoms with van der Waals surface area (Å²) in [6.45, 7) is 2.89. The molecule has 1 aliphatic carbocycles. The number of fused-ring (bicyclic) bond motifs is 1. The topological polar surface area (TPSA) is 29.1 Å². The fourth-order valence-electron chi connectivity index (χ4n) is 2.81. The number of hydrogen-bond donors (Lipinski definition) is 1. The molecular weight excluding hydrogens is 253 g/mol. The van der Waals surface area contributed by atoms with Crippen molar-refractivity contribution in [3.05, 3.63) is 47.8 Å². The van der Waals surface area contributed by atoms with E-state index in [4.69, 9.17) is 0 Å². The first-order chi connectivity index (χ1) is 9.59. The second-order valence-electron chi connectivity index (χ2n) is 5.99. The van der Waals surface area contributed by atoms with Gasteiger partial charge in [-0.15, -0.1) is 0 Å². The van der Waals surface area contributed by atoms with Crippen molar-refractivity contribution >= 4 is 16.7 Å². The van der Waals surface area contributed by atoms with Crippen molar-refractivity contribution < 1.29 is 9.18 Å².